The second-order valence-corrected chi connectivity index (χ2v) is 6.43. The molecule has 0 saturated carbocycles. The molecule has 1 N–H and O–H groups in total. The van der Waals surface area contributed by atoms with Crippen molar-refractivity contribution in [2.45, 2.75) is 32.5 Å². The summed E-state index contributed by atoms with van der Waals surface area (Å²) in [6.45, 7) is 5.80. The number of carbonyl (C=O) groups is 2. The molecule has 0 radical (unpaired) electrons. The average Bonchev–Trinajstić information content (AvgIpc) is 2.91. The fourth-order valence-corrected chi connectivity index (χ4v) is 2.19. The first-order valence-corrected chi connectivity index (χ1v) is 7.42. The first-order valence-electron chi connectivity index (χ1n) is 7.42. The molecule has 0 aliphatic carbocycles. The number of hydrogen-bond acceptors (Lipinski definition) is 6. The summed E-state index contributed by atoms with van der Waals surface area (Å²) in [4.78, 5) is 28.9. The number of aromatic nitrogens is 1. The Hall–Kier alpha value is -2.46. The van der Waals surface area contributed by atoms with Crippen LogP contribution in [0.2, 0.25) is 0 Å². The van der Waals surface area contributed by atoms with Crippen LogP contribution in [0, 0.1) is 0 Å². The molecule has 0 aromatic carbocycles. The molecule has 2 rings (SSSR count). The first kappa shape index (κ1) is 18.9. The van der Waals surface area contributed by atoms with Crippen LogP contribution in [-0.4, -0.2) is 58.8 Å². The van der Waals surface area contributed by atoms with Gasteiger partial charge in [0, 0.05) is 26.2 Å². The lowest BCUT2D eigenvalue weighted by molar-refractivity contribution is -0.141. The lowest BCUT2D eigenvalue weighted by Gasteiger charge is -2.34. The van der Waals surface area contributed by atoms with E-state index in [9.17, 15) is 22.8 Å². The Kier molecular flexibility index (Phi) is 4.87. The summed E-state index contributed by atoms with van der Waals surface area (Å²) in [5, 5.41) is 8.84. The Balaban J connectivity index is 2.08. The zero-order chi connectivity index (χ0) is 19.0. The van der Waals surface area contributed by atoms with Gasteiger partial charge in [0.25, 0.3) is 6.01 Å². The SMILES string of the molecule is CC(C)(C)OC(=O)N1CCN(c2nc(C(F)(F)F)c(C(=O)O)o2)CC1. The molecule has 2 heterocycles. The molecule has 8 nitrogen and oxygen atoms in total. The number of amides is 1. The summed E-state index contributed by atoms with van der Waals surface area (Å²) in [6, 6.07) is -0.437. The number of rotatable bonds is 2. The Labute approximate surface area is 141 Å². The van der Waals surface area contributed by atoms with Crippen molar-refractivity contribution in [2.75, 3.05) is 31.1 Å². The maximum Gasteiger partial charge on any atom is 0.437 e. The van der Waals surface area contributed by atoms with Crippen molar-refractivity contribution in [1.29, 1.82) is 0 Å². The number of carboxylic acid groups (broad SMARTS) is 1. The van der Waals surface area contributed by atoms with Crippen molar-refractivity contribution >= 4 is 18.1 Å². The molecule has 1 amide bonds. The summed E-state index contributed by atoms with van der Waals surface area (Å²) in [7, 11) is 0. The number of alkyl halides is 3. The van der Waals surface area contributed by atoms with Crippen LogP contribution in [0.1, 0.15) is 37.0 Å². The topological polar surface area (TPSA) is 96.1 Å². The lowest BCUT2D eigenvalue weighted by Crippen LogP contribution is -2.50. The van der Waals surface area contributed by atoms with E-state index in [1.54, 1.807) is 20.8 Å². The lowest BCUT2D eigenvalue weighted by atomic mass is 10.2. The molecule has 0 atom stereocenters. The van der Waals surface area contributed by atoms with Crippen LogP contribution in [0.25, 0.3) is 0 Å². The van der Waals surface area contributed by atoms with Crippen molar-refractivity contribution in [3.05, 3.63) is 11.5 Å². The van der Waals surface area contributed by atoms with E-state index in [1.807, 2.05) is 0 Å². The smallest absolute Gasteiger partial charge is 0.437 e. The fourth-order valence-electron chi connectivity index (χ4n) is 2.19. The second kappa shape index (κ2) is 6.45. The van der Waals surface area contributed by atoms with Gasteiger partial charge in [-0.1, -0.05) is 0 Å². The van der Waals surface area contributed by atoms with Crippen molar-refractivity contribution in [2.24, 2.45) is 0 Å². The number of ether oxygens (including phenoxy) is 1. The van der Waals surface area contributed by atoms with Crippen LogP contribution >= 0.6 is 0 Å². The van der Waals surface area contributed by atoms with E-state index < -0.39 is 41.3 Å². The summed E-state index contributed by atoms with van der Waals surface area (Å²) in [5.41, 5.74) is -2.24. The zero-order valence-corrected chi connectivity index (χ0v) is 13.9. The van der Waals surface area contributed by atoms with Gasteiger partial charge in [-0.3, -0.25) is 0 Å². The number of carboxylic acids is 1. The van der Waals surface area contributed by atoms with Gasteiger partial charge in [-0.15, -0.1) is 0 Å². The highest BCUT2D eigenvalue weighted by atomic mass is 19.4. The standard InChI is InChI=1S/C14H18F3N3O5/c1-13(2,3)25-12(23)20-6-4-19(5-7-20)11-18-9(14(15,16)17)8(24-11)10(21)22/h4-7H2,1-3H3,(H,21,22). The highest BCUT2D eigenvalue weighted by Gasteiger charge is 2.42. The van der Waals surface area contributed by atoms with E-state index in [0.29, 0.717) is 0 Å². The van der Waals surface area contributed by atoms with Crippen LogP contribution in [0.4, 0.5) is 24.0 Å². The molecule has 11 heteroatoms. The van der Waals surface area contributed by atoms with Crippen LogP contribution in [0.5, 0.6) is 0 Å². The summed E-state index contributed by atoms with van der Waals surface area (Å²) >= 11 is 0. The number of piperazine rings is 1. The van der Waals surface area contributed by atoms with Gasteiger partial charge in [0.15, 0.2) is 5.69 Å². The summed E-state index contributed by atoms with van der Waals surface area (Å²) in [6.07, 6.45) is -5.46. The minimum absolute atomic E-state index is 0.135. The molecule has 1 aromatic heterocycles. The number of hydrogen-bond donors (Lipinski definition) is 1. The molecule has 140 valence electrons. The van der Waals surface area contributed by atoms with Gasteiger partial charge < -0.3 is 24.1 Å². The molecule has 1 aromatic rings. The Morgan fingerprint density at radius 2 is 1.72 bits per heavy atom. The maximum absolute atomic E-state index is 12.8. The summed E-state index contributed by atoms with van der Waals surface area (Å²) in [5.74, 6) is -3.10. The van der Waals surface area contributed by atoms with Crippen molar-refractivity contribution < 1.29 is 37.0 Å². The van der Waals surface area contributed by atoms with Gasteiger partial charge >= 0.3 is 18.2 Å². The quantitative estimate of drug-likeness (QED) is 0.860. The normalized spacial score (nSPS) is 16.1. The van der Waals surface area contributed by atoms with E-state index in [4.69, 9.17) is 14.3 Å². The molecule has 1 fully saturated rings. The highest BCUT2D eigenvalue weighted by molar-refractivity contribution is 5.86. The highest BCUT2D eigenvalue weighted by Crippen LogP contribution is 2.34. The molecule has 0 spiro atoms. The minimum Gasteiger partial charge on any atom is -0.475 e. The van der Waals surface area contributed by atoms with E-state index in [-0.39, 0.29) is 26.2 Å². The average molecular weight is 365 g/mol. The molecular weight excluding hydrogens is 347 g/mol. The number of aromatic carboxylic acids is 1. The molecular formula is C14H18F3N3O5. The first-order chi connectivity index (χ1) is 11.4. The van der Waals surface area contributed by atoms with Gasteiger partial charge in [0.1, 0.15) is 5.60 Å². The Morgan fingerprint density at radius 3 is 2.12 bits per heavy atom. The van der Waals surface area contributed by atoms with Crippen LogP contribution in [0.3, 0.4) is 0 Å². The number of nitrogens with zero attached hydrogens (tertiary/aromatic N) is 3. The number of anilines is 1. The predicted molar refractivity (Wildman–Crippen MR) is 78.5 cm³/mol. The second-order valence-electron chi connectivity index (χ2n) is 6.43. The molecule has 1 aliphatic rings. The van der Waals surface area contributed by atoms with Crippen LogP contribution < -0.4 is 4.90 Å². The molecule has 25 heavy (non-hydrogen) atoms. The number of carbonyl (C=O) groups excluding carboxylic acids is 1. The van der Waals surface area contributed by atoms with Gasteiger partial charge in [-0.05, 0) is 20.8 Å². The van der Waals surface area contributed by atoms with Gasteiger partial charge in [-0.2, -0.15) is 18.2 Å². The Bertz CT molecular complexity index is 658. The predicted octanol–water partition coefficient (Wildman–Crippen LogP) is 2.45. The third-order valence-electron chi connectivity index (χ3n) is 3.28. The summed E-state index contributed by atoms with van der Waals surface area (Å²) < 4.78 is 48.5. The van der Waals surface area contributed by atoms with E-state index in [0.717, 1.165) is 0 Å². The van der Waals surface area contributed by atoms with Crippen LogP contribution in [-0.2, 0) is 10.9 Å². The van der Waals surface area contributed by atoms with Crippen LogP contribution in [0.15, 0.2) is 4.42 Å². The van der Waals surface area contributed by atoms with Crippen molar-refractivity contribution in [1.82, 2.24) is 9.88 Å². The fraction of sp³-hybridized carbons (Fsp3) is 0.643. The van der Waals surface area contributed by atoms with E-state index in [2.05, 4.69) is 4.98 Å². The van der Waals surface area contributed by atoms with E-state index in [1.165, 1.54) is 9.80 Å². The number of halogens is 3. The van der Waals surface area contributed by atoms with E-state index >= 15 is 0 Å². The third kappa shape index (κ3) is 4.54. The molecule has 0 unspecified atom stereocenters. The van der Waals surface area contributed by atoms with Crippen molar-refractivity contribution in [3.8, 4) is 0 Å². The van der Waals surface area contributed by atoms with Gasteiger partial charge in [0.2, 0.25) is 5.76 Å². The van der Waals surface area contributed by atoms with Crippen molar-refractivity contribution in [3.63, 3.8) is 0 Å². The molecule has 1 aliphatic heterocycles. The van der Waals surface area contributed by atoms with Gasteiger partial charge in [0.05, 0.1) is 0 Å². The molecule has 1 saturated heterocycles. The maximum atomic E-state index is 12.8. The Morgan fingerprint density at radius 1 is 1.16 bits per heavy atom. The zero-order valence-electron chi connectivity index (χ0n) is 13.9. The largest absolute Gasteiger partial charge is 0.475 e. The molecule has 0 bridgehead atoms. The van der Waals surface area contributed by atoms with Gasteiger partial charge in [-0.25, -0.2) is 9.59 Å². The number of oxazole rings is 1. The monoisotopic (exact) mass is 365 g/mol. The minimum atomic E-state index is -4.94. The third-order valence-corrected chi connectivity index (χ3v) is 3.28.